The number of hydrogen-bond donors (Lipinski definition) is 2. The van der Waals surface area contributed by atoms with Gasteiger partial charge in [0.1, 0.15) is 0 Å². The van der Waals surface area contributed by atoms with Gasteiger partial charge in [-0.15, -0.1) is 0 Å². The number of amides is 2. The zero-order valence-electron chi connectivity index (χ0n) is 15.0. The Kier molecular flexibility index (Phi) is 5.70. The van der Waals surface area contributed by atoms with Gasteiger partial charge >= 0.3 is 0 Å². The Morgan fingerprint density at radius 1 is 1.11 bits per heavy atom. The van der Waals surface area contributed by atoms with Crippen LogP contribution in [0, 0.1) is 5.92 Å². The van der Waals surface area contributed by atoms with E-state index in [0.29, 0.717) is 31.5 Å². The summed E-state index contributed by atoms with van der Waals surface area (Å²) in [6.45, 7) is -0.705. The number of halogens is 2. The van der Waals surface area contributed by atoms with E-state index in [9.17, 15) is 18.4 Å². The van der Waals surface area contributed by atoms with Gasteiger partial charge < -0.3 is 16.0 Å². The number of carbonyl (C=O) groups is 2. The first kappa shape index (κ1) is 19.2. The predicted octanol–water partition coefficient (Wildman–Crippen LogP) is 2.40. The minimum atomic E-state index is -3.10. The second kappa shape index (κ2) is 8.00. The molecule has 2 amide bonds. The van der Waals surface area contributed by atoms with Crippen LogP contribution in [0.15, 0.2) is 42.5 Å². The molecule has 0 unspecified atom stereocenters. The van der Waals surface area contributed by atoms with Crippen molar-refractivity contribution in [2.75, 3.05) is 26.2 Å². The summed E-state index contributed by atoms with van der Waals surface area (Å²) in [7, 11) is 0. The van der Waals surface area contributed by atoms with Gasteiger partial charge in [0.15, 0.2) is 0 Å². The molecule has 0 saturated carbocycles. The van der Waals surface area contributed by atoms with Crippen LogP contribution in [-0.2, 0) is 4.79 Å². The average Bonchev–Trinajstić information content (AvgIpc) is 2.71. The van der Waals surface area contributed by atoms with Crippen molar-refractivity contribution in [3.63, 3.8) is 0 Å². The van der Waals surface area contributed by atoms with E-state index in [-0.39, 0.29) is 11.8 Å². The van der Waals surface area contributed by atoms with Gasteiger partial charge in [-0.2, -0.15) is 0 Å². The third-order valence-corrected chi connectivity index (χ3v) is 4.99. The van der Waals surface area contributed by atoms with Crippen LogP contribution in [0.5, 0.6) is 0 Å². The van der Waals surface area contributed by atoms with E-state index in [1.54, 1.807) is 11.0 Å². The summed E-state index contributed by atoms with van der Waals surface area (Å²) < 4.78 is 26.3. The number of alkyl halides is 2. The SMILES string of the molecule is NCC(F)(F)CNC(=O)C1CCN(C(=O)c2cccc3ccccc23)CC1. The van der Waals surface area contributed by atoms with Crippen LogP contribution in [-0.4, -0.2) is 48.8 Å². The van der Waals surface area contributed by atoms with E-state index in [4.69, 9.17) is 5.73 Å². The highest BCUT2D eigenvalue weighted by molar-refractivity contribution is 6.07. The molecule has 2 aromatic rings. The number of piperidine rings is 1. The second-order valence-corrected chi connectivity index (χ2v) is 6.87. The first-order valence-corrected chi connectivity index (χ1v) is 9.04. The zero-order chi connectivity index (χ0) is 19.4. The van der Waals surface area contributed by atoms with Crippen molar-refractivity contribution < 1.29 is 18.4 Å². The smallest absolute Gasteiger partial charge is 0.277 e. The Morgan fingerprint density at radius 2 is 1.78 bits per heavy atom. The molecule has 1 fully saturated rings. The summed E-state index contributed by atoms with van der Waals surface area (Å²) in [5.74, 6) is -3.93. The minimum absolute atomic E-state index is 0.0691. The van der Waals surface area contributed by atoms with Gasteiger partial charge in [-0.25, -0.2) is 8.78 Å². The molecule has 1 saturated heterocycles. The Morgan fingerprint density at radius 3 is 2.48 bits per heavy atom. The van der Waals surface area contributed by atoms with E-state index in [2.05, 4.69) is 5.32 Å². The number of hydrogen-bond acceptors (Lipinski definition) is 3. The van der Waals surface area contributed by atoms with Crippen LogP contribution >= 0.6 is 0 Å². The number of nitrogens with two attached hydrogens (primary N) is 1. The Balaban J connectivity index is 1.60. The van der Waals surface area contributed by atoms with Crippen LogP contribution in [0.2, 0.25) is 0 Å². The molecule has 1 heterocycles. The molecule has 5 nitrogen and oxygen atoms in total. The minimum Gasteiger partial charge on any atom is -0.350 e. The first-order chi connectivity index (χ1) is 12.9. The van der Waals surface area contributed by atoms with Crippen molar-refractivity contribution in [1.29, 1.82) is 0 Å². The fraction of sp³-hybridized carbons (Fsp3) is 0.400. The molecule has 144 valence electrons. The monoisotopic (exact) mass is 375 g/mol. The molecule has 3 N–H and O–H groups in total. The summed E-state index contributed by atoms with van der Waals surface area (Å²) >= 11 is 0. The summed E-state index contributed by atoms with van der Waals surface area (Å²) in [5.41, 5.74) is 5.61. The summed E-state index contributed by atoms with van der Waals surface area (Å²) in [4.78, 5) is 26.7. The molecular weight excluding hydrogens is 352 g/mol. The number of carbonyl (C=O) groups excluding carboxylic acids is 2. The molecule has 1 aliphatic rings. The molecule has 0 bridgehead atoms. The summed E-state index contributed by atoms with van der Waals surface area (Å²) in [6, 6.07) is 13.3. The standard InChI is InChI=1S/C20H23F2N3O2/c21-20(22,12-23)13-24-18(26)15-8-10-25(11-9-15)19(27)17-7-3-5-14-4-1-2-6-16(14)17/h1-7,15H,8-13,23H2,(H,24,26). The van der Waals surface area contributed by atoms with Gasteiger partial charge in [0.05, 0.1) is 13.1 Å². The van der Waals surface area contributed by atoms with Crippen LogP contribution in [0.4, 0.5) is 8.78 Å². The lowest BCUT2D eigenvalue weighted by Gasteiger charge is -2.32. The molecule has 0 radical (unpaired) electrons. The normalized spacial score (nSPS) is 15.7. The molecule has 0 atom stereocenters. The third kappa shape index (κ3) is 4.42. The molecule has 2 aromatic carbocycles. The second-order valence-electron chi connectivity index (χ2n) is 6.87. The molecule has 3 rings (SSSR count). The summed E-state index contributed by atoms with van der Waals surface area (Å²) in [5, 5.41) is 4.17. The molecule has 0 spiro atoms. The van der Waals surface area contributed by atoms with Gasteiger partial charge in [-0.05, 0) is 29.7 Å². The molecule has 0 aliphatic carbocycles. The zero-order valence-corrected chi connectivity index (χ0v) is 15.0. The van der Waals surface area contributed by atoms with Gasteiger partial charge in [-0.3, -0.25) is 9.59 Å². The largest absolute Gasteiger partial charge is 0.350 e. The van der Waals surface area contributed by atoms with Crippen LogP contribution in [0.3, 0.4) is 0 Å². The highest BCUT2D eigenvalue weighted by atomic mass is 19.3. The highest BCUT2D eigenvalue weighted by Crippen LogP contribution is 2.24. The number of fused-ring (bicyclic) bond motifs is 1. The van der Waals surface area contributed by atoms with Crippen molar-refractivity contribution in [3.8, 4) is 0 Å². The lowest BCUT2D eigenvalue weighted by Crippen LogP contribution is -2.46. The number of nitrogens with zero attached hydrogens (tertiary/aromatic N) is 1. The van der Waals surface area contributed by atoms with Gasteiger partial charge in [0, 0.05) is 24.6 Å². The Bertz CT molecular complexity index is 828. The number of benzene rings is 2. The molecule has 1 aliphatic heterocycles. The fourth-order valence-corrected chi connectivity index (χ4v) is 3.36. The third-order valence-electron chi connectivity index (χ3n) is 4.99. The maximum atomic E-state index is 13.2. The van der Waals surface area contributed by atoms with Crippen molar-refractivity contribution in [1.82, 2.24) is 10.2 Å². The maximum Gasteiger partial charge on any atom is 0.277 e. The average molecular weight is 375 g/mol. The number of rotatable bonds is 5. The van der Waals surface area contributed by atoms with E-state index < -0.39 is 24.9 Å². The van der Waals surface area contributed by atoms with Crippen LogP contribution in [0.25, 0.3) is 10.8 Å². The quantitative estimate of drug-likeness (QED) is 0.843. The topological polar surface area (TPSA) is 75.4 Å². The van der Waals surface area contributed by atoms with Crippen molar-refractivity contribution >= 4 is 22.6 Å². The van der Waals surface area contributed by atoms with Crippen molar-refractivity contribution in [3.05, 3.63) is 48.0 Å². The molecule has 7 heteroatoms. The van der Waals surface area contributed by atoms with Gasteiger partial charge in [0.2, 0.25) is 5.91 Å². The highest BCUT2D eigenvalue weighted by Gasteiger charge is 2.31. The van der Waals surface area contributed by atoms with E-state index in [0.717, 1.165) is 10.8 Å². The van der Waals surface area contributed by atoms with Crippen LogP contribution in [0.1, 0.15) is 23.2 Å². The summed E-state index contributed by atoms with van der Waals surface area (Å²) in [6.07, 6.45) is 0.910. The number of likely N-dealkylation sites (tertiary alicyclic amines) is 1. The van der Waals surface area contributed by atoms with Crippen molar-refractivity contribution in [2.45, 2.75) is 18.8 Å². The van der Waals surface area contributed by atoms with E-state index in [1.165, 1.54) is 0 Å². The van der Waals surface area contributed by atoms with E-state index >= 15 is 0 Å². The molecule has 27 heavy (non-hydrogen) atoms. The Hall–Kier alpha value is -2.54. The predicted molar refractivity (Wildman–Crippen MR) is 99.6 cm³/mol. The fourth-order valence-electron chi connectivity index (χ4n) is 3.36. The molecule has 0 aromatic heterocycles. The lowest BCUT2D eigenvalue weighted by atomic mass is 9.94. The maximum absolute atomic E-state index is 13.2. The van der Waals surface area contributed by atoms with Crippen LogP contribution < -0.4 is 11.1 Å². The van der Waals surface area contributed by atoms with E-state index in [1.807, 2.05) is 36.4 Å². The lowest BCUT2D eigenvalue weighted by molar-refractivity contribution is -0.128. The molecular formula is C20H23F2N3O2. The van der Waals surface area contributed by atoms with Gasteiger partial charge in [0.25, 0.3) is 11.8 Å². The van der Waals surface area contributed by atoms with Gasteiger partial charge in [-0.1, -0.05) is 36.4 Å². The Labute approximate surface area is 156 Å². The number of nitrogens with one attached hydrogen (secondary N) is 1. The van der Waals surface area contributed by atoms with Crippen molar-refractivity contribution in [2.24, 2.45) is 11.7 Å². The first-order valence-electron chi connectivity index (χ1n) is 9.04.